The van der Waals surface area contributed by atoms with Gasteiger partial charge in [0.15, 0.2) is 5.82 Å². The second-order valence-corrected chi connectivity index (χ2v) is 9.26. The number of aryl methyl sites for hydroxylation is 2. The molecular formula is C27H29F3N8O. The van der Waals surface area contributed by atoms with Gasteiger partial charge in [-0.3, -0.25) is 4.79 Å². The molecule has 0 atom stereocenters. The smallest absolute Gasteiger partial charge is 0.369 e. The van der Waals surface area contributed by atoms with Crippen molar-refractivity contribution < 1.29 is 18.0 Å². The van der Waals surface area contributed by atoms with Gasteiger partial charge in [0.2, 0.25) is 0 Å². The molecule has 2 aromatic carbocycles. The van der Waals surface area contributed by atoms with E-state index in [0.29, 0.717) is 29.7 Å². The highest BCUT2D eigenvalue weighted by atomic mass is 19.4. The SMILES string of the molecule is Cc1cc(Nc2cc(C(=O)Nc3cccc(C(F)(F)F)c3)ccc2C)n(-c2cc(NCCN(C)C)ncn2)n1. The van der Waals surface area contributed by atoms with E-state index in [1.165, 1.54) is 18.5 Å². The molecule has 0 aliphatic rings. The Kier molecular flexibility index (Phi) is 8.15. The Morgan fingerprint density at radius 3 is 2.56 bits per heavy atom. The summed E-state index contributed by atoms with van der Waals surface area (Å²) in [7, 11) is 3.98. The lowest BCUT2D eigenvalue weighted by atomic mass is 10.1. The van der Waals surface area contributed by atoms with Crippen LogP contribution in [0.15, 0.2) is 60.9 Å². The summed E-state index contributed by atoms with van der Waals surface area (Å²) in [6.45, 7) is 5.28. The molecule has 12 heteroatoms. The van der Waals surface area contributed by atoms with Crippen LogP contribution in [0, 0.1) is 13.8 Å². The largest absolute Gasteiger partial charge is 0.416 e. The Labute approximate surface area is 224 Å². The van der Waals surface area contributed by atoms with Crippen LogP contribution in [-0.4, -0.2) is 57.7 Å². The quantitative estimate of drug-likeness (QED) is 0.267. The summed E-state index contributed by atoms with van der Waals surface area (Å²) in [6, 6.07) is 13.2. The molecule has 0 aliphatic heterocycles. The van der Waals surface area contributed by atoms with Gasteiger partial charge in [0.05, 0.1) is 11.3 Å². The van der Waals surface area contributed by atoms with Gasteiger partial charge in [-0.1, -0.05) is 12.1 Å². The number of alkyl halides is 3. The van der Waals surface area contributed by atoms with Crippen molar-refractivity contribution in [3.63, 3.8) is 0 Å². The van der Waals surface area contributed by atoms with Crippen molar-refractivity contribution in [1.82, 2.24) is 24.6 Å². The van der Waals surface area contributed by atoms with E-state index >= 15 is 0 Å². The van der Waals surface area contributed by atoms with Gasteiger partial charge in [-0.2, -0.15) is 23.0 Å². The van der Waals surface area contributed by atoms with Gasteiger partial charge in [0.1, 0.15) is 18.0 Å². The molecule has 0 radical (unpaired) electrons. The van der Waals surface area contributed by atoms with E-state index in [-0.39, 0.29) is 11.3 Å². The number of rotatable bonds is 9. The average Bonchev–Trinajstić information content (AvgIpc) is 3.25. The van der Waals surface area contributed by atoms with Crippen LogP contribution < -0.4 is 16.0 Å². The maximum atomic E-state index is 13.1. The normalized spacial score (nSPS) is 11.5. The number of nitrogens with zero attached hydrogens (tertiary/aromatic N) is 5. The lowest BCUT2D eigenvalue weighted by Crippen LogP contribution is -2.21. The van der Waals surface area contributed by atoms with Gasteiger partial charge in [-0.15, -0.1) is 0 Å². The van der Waals surface area contributed by atoms with Crippen LogP contribution in [0.3, 0.4) is 0 Å². The molecule has 0 spiro atoms. The summed E-state index contributed by atoms with van der Waals surface area (Å²) in [6.07, 6.45) is -3.05. The number of carbonyl (C=O) groups is 1. The lowest BCUT2D eigenvalue weighted by Gasteiger charge is -2.14. The minimum absolute atomic E-state index is 0.0531. The van der Waals surface area contributed by atoms with Crippen LogP contribution in [-0.2, 0) is 6.18 Å². The molecule has 4 aromatic rings. The van der Waals surface area contributed by atoms with Gasteiger partial charge < -0.3 is 20.9 Å². The average molecular weight is 539 g/mol. The molecule has 0 fully saturated rings. The number of likely N-dealkylation sites (N-methyl/N-ethyl adjacent to an activating group) is 1. The number of aromatic nitrogens is 4. The number of nitrogens with one attached hydrogen (secondary N) is 3. The predicted octanol–water partition coefficient (Wildman–Crippen LogP) is 5.27. The first-order chi connectivity index (χ1) is 18.5. The molecule has 0 bridgehead atoms. The Balaban J connectivity index is 1.55. The van der Waals surface area contributed by atoms with E-state index in [4.69, 9.17) is 0 Å². The number of hydrogen-bond donors (Lipinski definition) is 3. The third kappa shape index (κ3) is 7.11. The Hall–Kier alpha value is -4.45. The highest BCUT2D eigenvalue weighted by Gasteiger charge is 2.30. The van der Waals surface area contributed by atoms with E-state index in [0.717, 1.165) is 29.9 Å². The van der Waals surface area contributed by atoms with Gasteiger partial charge in [-0.25, -0.2) is 9.97 Å². The zero-order valence-electron chi connectivity index (χ0n) is 22.0. The van der Waals surface area contributed by atoms with Crippen LogP contribution in [0.5, 0.6) is 0 Å². The van der Waals surface area contributed by atoms with E-state index in [9.17, 15) is 18.0 Å². The summed E-state index contributed by atoms with van der Waals surface area (Å²) >= 11 is 0. The minimum Gasteiger partial charge on any atom is -0.369 e. The molecule has 0 saturated carbocycles. The van der Waals surface area contributed by atoms with E-state index < -0.39 is 17.6 Å². The van der Waals surface area contributed by atoms with Gasteiger partial charge in [-0.05, 0) is 63.8 Å². The van der Waals surface area contributed by atoms with Crippen molar-refractivity contribution in [2.24, 2.45) is 0 Å². The molecule has 1 amide bonds. The molecule has 0 unspecified atom stereocenters. The van der Waals surface area contributed by atoms with Crippen LogP contribution in [0.1, 0.15) is 27.2 Å². The van der Waals surface area contributed by atoms with Crippen molar-refractivity contribution in [1.29, 1.82) is 0 Å². The summed E-state index contributed by atoms with van der Waals surface area (Å²) < 4.78 is 40.8. The molecule has 2 aromatic heterocycles. The fraction of sp³-hybridized carbons (Fsp3) is 0.259. The molecule has 2 heterocycles. The number of hydrogen-bond acceptors (Lipinski definition) is 7. The Bertz CT molecular complexity index is 1470. The summed E-state index contributed by atoms with van der Waals surface area (Å²) in [5, 5.41) is 13.7. The zero-order chi connectivity index (χ0) is 28.2. The van der Waals surface area contributed by atoms with Crippen molar-refractivity contribution in [3.05, 3.63) is 83.3 Å². The van der Waals surface area contributed by atoms with Crippen LogP contribution in [0.4, 0.5) is 36.2 Å². The number of anilines is 4. The van der Waals surface area contributed by atoms with Crippen LogP contribution in [0.2, 0.25) is 0 Å². The Morgan fingerprint density at radius 2 is 1.82 bits per heavy atom. The van der Waals surface area contributed by atoms with Crippen molar-refractivity contribution >= 4 is 28.9 Å². The van der Waals surface area contributed by atoms with E-state index in [1.807, 2.05) is 34.0 Å². The van der Waals surface area contributed by atoms with Crippen molar-refractivity contribution in [2.45, 2.75) is 20.0 Å². The molecular weight excluding hydrogens is 509 g/mol. The molecule has 3 N–H and O–H groups in total. The van der Waals surface area contributed by atoms with E-state index in [1.54, 1.807) is 28.9 Å². The maximum absolute atomic E-state index is 13.1. The first-order valence-electron chi connectivity index (χ1n) is 12.1. The third-order valence-electron chi connectivity index (χ3n) is 5.78. The van der Waals surface area contributed by atoms with Crippen LogP contribution in [0.25, 0.3) is 5.82 Å². The van der Waals surface area contributed by atoms with E-state index in [2.05, 4.69) is 35.9 Å². The molecule has 204 valence electrons. The number of benzene rings is 2. The molecule has 9 nitrogen and oxygen atoms in total. The van der Waals surface area contributed by atoms with Crippen LogP contribution >= 0.6 is 0 Å². The number of halogens is 3. The zero-order valence-corrected chi connectivity index (χ0v) is 22.0. The molecule has 39 heavy (non-hydrogen) atoms. The first kappa shape index (κ1) is 27.6. The number of amides is 1. The molecule has 4 rings (SSSR count). The summed E-state index contributed by atoms with van der Waals surface area (Å²) in [4.78, 5) is 23.6. The fourth-order valence-electron chi connectivity index (χ4n) is 3.74. The monoisotopic (exact) mass is 538 g/mol. The topological polar surface area (TPSA) is 100 Å². The predicted molar refractivity (Wildman–Crippen MR) is 145 cm³/mol. The Morgan fingerprint density at radius 1 is 1.03 bits per heavy atom. The molecule has 0 saturated heterocycles. The van der Waals surface area contributed by atoms with Gasteiger partial charge in [0.25, 0.3) is 5.91 Å². The van der Waals surface area contributed by atoms with Gasteiger partial charge in [0, 0.05) is 42.2 Å². The highest BCUT2D eigenvalue weighted by Crippen LogP contribution is 2.31. The fourth-order valence-corrected chi connectivity index (χ4v) is 3.74. The van der Waals surface area contributed by atoms with Crippen molar-refractivity contribution in [3.8, 4) is 5.82 Å². The maximum Gasteiger partial charge on any atom is 0.416 e. The standard InChI is InChI=1S/C27H29F3N8O/c1-17-8-9-19(26(39)34-21-7-5-6-20(14-21)27(28,29)30)13-22(17)35-25-12-18(2)36-38(25)24-15-23(32-16-33-24)31-10-11-37(3)4/h5-9,12-16,35H,10-11H2,1-4H3,(H,34,39)(H,31,32,33). The highest BCUT2D eigenvalue weighted by molar-refractivity contribution is 6.05. The lowest BCUT2D eigenvalue weighted by molar-refractivity contribution is -0.137. The summed E-state index contributed by atoms with van der Waals surface area (Å²) in [5.74, 6) is 1.28. The second kappa shape index (κ2) is 11.5. The summed E-state index contributed by atoms with van der Waals surface area (Å²) in [5.41, 5.74) is 1.72. The van der Waals surface area contributed by atoms with Crippen molar-refractivity contribution in [2.75, 3.05) is 43.1 Å². The first-order valence-corrected chi connectivity index (χ1v) is 12.1. The molecule has 0 aliphatic carbocycles. The number of carbonyl (C=O) groups excluding carboxylic acids is 1. The third-order valence-corrected chi connectivity index (χ3v) is 5.78. The minimum atomic E-state index is -4.50. The second-order valence-electron chi connectivity index (χ2n) is 9.26. The van der Waals surface area contributed by atoms with Gasteiger partial charge >= 0.3 is 6.18 Å².